The monoisotopic (exact) mass is 402 g/mol. The van der Waals surface area contributed by atoms with E-state index >= 15 is 0 Å². The maximum atomic E-state index is 12.8. The van der Waals surface area contributed by atoms with Gasteiger partial charge in [-0.2, -0.15) is 18.3 Å². The first-order valence-electron chi connectivity index (χ1n) is 9.66. The molecule has 1 N–H and O–H groups in total. The van der Waals surface area contributed by atoms with Gasteiger partial charge in [-0.15, -0.1) is 0 Å². The van der Waals surface area contributed by atoms with Gasteiger partial charge >= 0.3 is 6.18 Å². The number of hydrogen-bond donors (Lipinski definition) is 1. The second-order valence-corrected chi connectivity index (χ2v) is 7.49. The summed E-state index contributed by atoms with van der Waals surface area (Å²) >= 11 is 0. The summed E-state index contributed by atoms with van der Waals surface area (Å²) in [5.41, 5.74) is 0.781. The number of pyridine rings is 1. The lowest BCUT2D eigenvalue weighted by molar-refractivity contribution is -0.141. The average Bonchev–Trinajstić information content (AvgIpc) is 3.11. The van der Waals surface area contributed by atoms with Crippen LogP contribution >= 0.6 is 0 Å². The van der Waals surface area contributed by atoms with Crippen LogP contribution in [-0.4, -0.2) is 20.7 Å². The van der Waals surface area contributed by atoms with Crippen LogP contribution in [0.5, 0.6) is 0 Å². The summed E-state index contributed by atoms with van der Waals surface area (Å²) in [5.74, 6) is -0.682. The minimum absolute atomic E-state index is 0.280. The van der Waals surface area contributed by atoms with Gasteiger partial charge in [-0.1, -0.05) is 25.3 Å². The van der Waals surface area contributed by atoms with Gasteiger partial charge in [0.1, 0.15) is 11.4 Å². The number of fused-ring (bicyclic) bond motifs is 1. The van der Waals surface area contributed by atoms with Crippen molar-refractivity contribution in [3.8, 4) is 0 Å². The van der Waals surface area contributed by atoms with Crippen molar-refractivity contribution < 1.29 is 18.0 Å². The molecular formula is C21H21F3N4O. The third-order valence-corrected chi connectivity index (χ3v) is 5.34. The summed E-state index contributed by atoms with van der Waals surface area (Å²) in [5, 5.41) is 8.24. The normalized spacial score (nSPS) is 15.6. The van der Waals surface area contributed by atoms with E-state index in [1.165, 1.54) is 31.4 Å². The number of nitrogens with zero attached hydrogens (tertiary/aromatic N) is 3. The van der Waals surface area contributed by atoms with E-state index in [0.29, 0.717) is 11.7 Å². The number of aromatic nitrogens is 3. The summed E-state index contributed by atoms with van der Waals surface area (Å²) in [4.78, 5) is 15.9. The molecule has 8 heteroatoms. The summed E-state index contributed by atoms with van der Waals surface area (Å²) in [6.45, 7) is 1.83. The quantitative estimate of drug-likeness (QED) is 0.628. The van der Waals surface area contributed by atoms with Crippen molar-refractivity contribution >= 4 is 22.5 Å². The van der Waals surface area contributed by atoms with E-state index in [0.717, 1.165) is 35.4 Å². The van der Waals surface area contributed by atoms with Crippen molar-refractivity contribution in [3.63, 3.8) is 0 Å². The lowest BCUT2D eigenvalue weighted by atomic mass is 9.96. The van der Waals surface area contributed by atoms with Crippen LogP contribution in [0.15, 0.2) is 36.5 Å². The van der Waals surface area contributed by atoms with E-state index < -0.39 is 17.8 Å². The van der Waals surface area contributed by atoms with Gasteiger partial charge in [-0.3, -0.25) is 9.48 Å². The molecule has 1 saturated carbocycles. The number of nitrogens with one attached hydrogen (secondary N) is 1. The number of carbonyl (C=O) groups is 1. The van der Waals surface area contributed by atoms with Gasteiger partial charge in [0, 0.05) is 17.3 Å². The van der Waals surface area contributed by atoms with Gasteiger partial charge in [-0.25, -0.2) is 4.98 Å². The molecule has 0 radical (unpaired) electrons. The van der Waals surface area contributed by atoms with Gasteiger partial charge in [0.15, 0.2) is 0 Å². The highest BCUT2D eigenvalue weighted by molar-refractivity contribution is 6.04. The van der Waals surface area contributed by atoms with Crippen LogP contribution in [0.4, 0.5) is 18.9 Å². The zero-order chi connectivity index (χ0) is 20.6. The molecule has 152 valence electrons. The molecular weight excluding hydrogens is 381 g/mol. The molecule has 0 aliphatic heterocycles. The van der Waals surface area contributed by atoms with Gasteiger partial charge in [-0.05, 0) is 49.6 Å². The molecule has 0 saturated heterocycles. The molecule has 0 atom stereocenters. The van der Waals surface area contributed by atoms with Crippen molar-refractivity contribution in [1.29, 1.82) is 0 Å². The third-order valence-electron chi connectivity index (χ3n) is 5.34. The van der Waals surface area contributed by atoms with Gasteiger partial charge in [0.2, 0.25) is 0 Å². The van der Waals surface area contributed by atoms with Gasteiger partial charge in [0.05, 0.1) is 11.6 Å². The minimum atomic E-state index is -4.60. The van der Waals surface area contributed by atoms with Crippen LogP contribution in [0, 0.1) is 6.92 Å². The number of hydrogen-bond acceptors (Lipinski definition) is 3. The first-order chi connectivity index (χ1) is 13.8. The topological polar surface area (TPSA) is 59.8 Å². The van der Waals surface area contributed by atoms with Crippen LogP contribution in [-0.2, 0) is 6.18 Å². The Bertz CT molecular complexity index is 1050. The highest BCUT2D eigenvalue weighted by Crippen LogP contribution is 2.31. The Morgan fingerprint density at radius 2 is 1.93 bits per heavy atom. The third kappa shape index (κ3) is 4.11. The SMILES string of the molecule is Cc1cc2nn(C3CCCCC3)cc2cc1NC(=O)c1cccc(C(F)(F)F)n1. The highest BCUT2D eigenvalue weighted by atomic mass is 19.4. The molecule has 0 bridgehead atoms. The fourth-order valence-electron chi connectivity index (χ4n) is 3.77. The number of amides is 1. The summed E-state index contributed by atoms with van der Waals surface area (Å²) in [6, 6.07) is 7.36. The van der Waals surface area contributed by atoms with E-state index in [9.17, 15) is 18.0 Å². The van der Waals surface area contributed by atoms with Crippen LogP contribution in [0.1, 0.15) is 59.9 Å². The smallest absolute Gasteiger partial charge is 0.320 e. The molecule has 0 unspecified atom stereocenters. The molecule has 1 amide bonds. The first kappa shape index (κ1) is 19.4. The molecule has 5 nitrogen and oxygen atoms in total. The maximum absolute atomic E-state index is 12.8. The van der Waals surface area contributed by atoms with Crippen molar-refractivity contribution in [2.75, 3.05) is 5.32 Å². The number of benzene rings is 1. The Hall–Kier alpha value is -2.90. The second-order valence-electron chi connectivity index (χ2n) is 7.49. The van der Waals surface area contributed by atoms with E-state index in [1.54, 1.807) is 0 Å². The fraction of sp³-hybridized carbons (Fsp3) is 0.381. The number of halogens is 3. The summed E-state index contributed by atoms with van der Waals surface area (Å²) < 4.78 is 40.6. The highest BCUT2D eigenvalue weighted by Gasteiger charge is 2.33. The Morgan fingerprint density at radius 1 is 1.17 bits per heavy atom. The maximum Gasteiger partial charge on any atom is 0.433 e. The lowest BCUT2D eigenvalue weighted by Crippen LogP contribution is -2.17. The fourth-order valence-corrected chi connectivity index (χ4v) is 3.77. The van der Waals surface area contributed by atoms with Crippen LogP contribution in [0.2, 0.25) is 0 Å². The van der Waals surface area contributed by atoms with Crippen molar-refractivity contribution in [2.24, 2.45) is 0 Å². The molecule has 1 aromatic carbocycles. The van der Waals surface area contributed by atoms with Crippen molar-refractivity contribution in [3.05, 3.63) is 53.5 Å². The molecule has 1 aliphatic carbocycles. The Balaban J connectivity index is 1.59. The standard InChI is InChI=1S/C21H21F3N4O/c1-13-10-18-14(12-28(27-18)15-6-3-2-4-7-15)11-17(13)26-20(29)16-8-5-9-19(25-16)21(22,23)24/h5,8-12,15H,2-4,6-7H2,1H3,(H,26,29). The summed E-state index contributed by atoms with van der Waals surface area (Å²) in [7, 11) is 0. The lowest BCUT2D eigenvalue weighted by Gasteiger charge is -2.21. The van der Waals surface area contributed by atoms with E-state index in [1.807, 2.05) is 29.9 Å². The molecule has 4 rings (SSSR count). The van der Waals surface area contributed by atoms with Crippen LogP contribution < -0.4 is 5.32 Å². The van der Waals surface area contributed by atoms with Crippen LogP contribution in [0.3, 0.4) is 0 Å². The molecule has 1 fully saturated rings. The zero-order valence-electron chi connectivity index (χ0n) is 16.0. The Morgan fingerprint density at radius 3 is 2.66 bits per heavy atom. The van der Waals surface area contributed by atoms with Crippen LogP contribution in [0.25, 0.3) is 10.9 Å². The molecule has 29 heavy (non-hydrogen) atoms. The average molecular weight is 402 g/mol. The first-order valence-corrected chi connectivity index (χ1v) is 9.66. The molecule has 3 aromatic rings. The van der Waals surface area contributed by atoms with Crippen molar-refractivity contribution in [2.45, 2.75) is 51.2 Å². The Kier molecular flexibility index (Phi) is 5.02. The summed E-state index contributed by atoms with van der Waals surface area (Å²) in [6.07, 6.45) is 3.25. The predicted octanol–water partition coefficient (Wildman–Crippen LogP) is 5.52. The second kappa shape index (κ2) is 7.50. The van der Waals surface area contributed by atoms with E-state index in [-0.39, 0.29) is 5.69 Å². The Labute approximate surface area is 165 Å². The largest absolute Gasteiger partial charge is 0.433 e. The predicted molar refractivity (Wildman–Crippen MR) is 104 cm³/mol. The number of anilines is 1. The van der Waals surface area contributed by atoms with Gasteiger partial charge in [0.25, 0.3) is 5.91 Å². The number of alkyl halides is 3. The zero-order valence-corrected chi connectivity index (χ0v) is 16.0. The molecule has 2 heterocycles. The van der Waals surface area contributed by atoms with E-state index in [2.05, 4.69) is 15.4 Å². The number of aryl methyl sites for hydroxylation is 1. The van der Waals surface area contributed by atoms with Crippen molar-refractivity contribution in [1.82, 2.24) is 14.8 Å². The molecule has 0 spiro atoms. The molecule has 1 aliphatic rings. The van der Waals surface area contributed by atoms with Gasteiger partial charge < -0.3 is 5.32 Å². The number of carbonyl (C=O) groups excluding carboxylic acids is 1. The minimum Gasteiger partial charge on any atom is -0.320 e. The molecule has 2 aromatic heterocycles. The number of rotatable bonds is 3. The van der Waals surface area contributed by atoms with E-state index in [4.69, 9.17) is 0 Å².